The number of nitrogens with one attached hydrogen (secondary N) is 1. The number of carboxylic acids is 1. The van der Waals surface area contributed by atoms with E-state index in [2.05, 4.69) is 48.3 Å². The summed E-state index contributed by atoms with van der Waals surface area (Å²) in [5, 5.41) is 12.2. The van der Waals surface area contributed by atoms with Crippen LogP contribution < -0.4 is 10.2 Å². The fourth-order valence-corrected chi connectivity index (χ4v) is 3.94. The average Bonchev–Trinajstić information content (AvgIpc) is 2.72. The van der Waals surface area contributed by atoms with E-state index in [9.17, 15) is 14.7 Å². The normalized spacial score (nSPS) is 10.6. The Labute approximate surface area is 177 Å². The molecule has 0 saturated carbocycles. The molecule has 0 atom stereocenters. The van der Waals surface area contributed by atoms with Crippen molar-refractivity contribution in [3.05, 3.63) is 53.6 Å². The van der Waals surface area contributed by atoms with Gasteiger partial charge in [-0.05, 0) is 48.7 Å². The summed E-state index contributed by atoms with van der Waals surface area (Å²) in [4.78, 5) is 26.8. The molecule has 0 saturated heterocycles. The van der Waals surface area contributed by atoms with Crippen LogP contribution in [0.1, 0.15) is 56.0 Å². The zero-order chi connectivity index (χ0) is 21.2. The third-order valence-corrected chi connectivity index (χ3v) is 5.55. The summed E-state index contributed by atoms with van der Waals surface area (Å²) in [7, 11) is 0. The highest BCUT2D eigenvalue weighted by Gasteiger charge is 2.13. The largest absolute Gasteiger partial charge is 0.478 e. The first kappa shape index (κ1) is 22.8. The molecular formula is C23H30N2O3S. The van der Waals surface area contributed by atoms with Gasteiger partial charge in [-0.3, -0.25) is 4.79 Å². The number of carboxylic acid groups (broad SMARTS) is 1. The molecule has 1 amide bonds. The fraction of sp³-hybridized carbons (Fsp3) is 0.391. The Hall–Kier alpha value is -2.47. The quantitative estimate of drug-likeness (QED) is 0.465. The van der Waals surface area contributed by atoms with Crippen molar-refractivity contribution in [1.29, 1.82) is 0 Å². The molecule has 0 fully saturated rings. The Morgan fingerprint density at radius 1 is 1.03 bits per heavy atom. The van der Waals surface area contributed by atoms with Crippen molar-refractivity contribution in [2.24, 2.45) is 0 Å². The van der Waals surface area contributed by atoms with E-state index in [0.29, 0.717) is 17.9 Å². The van der Waals surface area contributed by atoms with Crippen LogP contribution >= 0.6 is 11.8 Å². The highest BCUT2D eigenvalue weighted by Crippen LogP contribution is 2.28. The molecular weight excluding hydrogens is 384 g/mol. The van der Waals surface area contributed by atoms with E-state index < -0.39 is 5.97 Å². The molecule has 5 nitrogen and oxygen atoms in total. The van der Waals surface area contributed by atoms with Crippen LogP contribution in [-0.4, -0.2) is 30.1 Å². The number of amides is 1. The van der Waals surface area contributed by atoms with Gasteiger partial charge in [-0.15, -0.1) is 11.8 Å². The van der Waals surface area contributed by atoms with E-state index >= 15 is 0 Å². The van der Waals surface area contributed by atoms with Crippen molar-refractivity contribution in [2.45, 2.75) is 50.7 Å². The van der Waals surface area contributed by atoms with Crippen molar-refractivity contribution in [3.63, 3.8) is 0 Å². The van der Waals surface area contributed by atoms with Gasteiger partial charge >= 0.3 is 5.97 Å². The van der Waals surface area contributed by atoms with E-state index in [1.54, 1.807) is 30.8 Å². The fourth-order valence-electron chi connectivity index (χ4n) is 3.05. The van der Waals surface area contributed by atoms with Gasteiger partial charge in [-0.2, -0.15) is 0 Å². The van der Waals surface area contributed by atoms with Crippen molar-refractivity contribution >= 4 is 35.0 Å². The first-order chi connectivity index (χ1) is 14.0. The number of anilines is 2. The predicted molar refractivity (Wildman–Crippen MR) is 121 cm³/mol. The Balaban J connectivity index is 2.13. The number of hydrogen-bond donors (Lipinski definition) is 2. The molecule has 0 bridgehead atoms. The first-order valence-electron chi connectivity index (χ1n) is 10.1. The number of nitrogens with zero attached hydrogens (tertiary/aromatic N) is 1. The third-order valence-electron chi connectivity index (χ3n) is 4.48. The molecule has 0 unspecified atom stereocenters. The van der Waals surface area contributed by atoms with Crippen LogP contribution in [0.15, 0.2) is 47.4 Å². The number of thioether (sulfide) groups is 1. The predicted octanol–water partition coefficient (Wildman–Crippen LogP) is 5.65. The smallest absolute Gasteiger partial charge is 0.337 e. The molecule has 0 aliphatic rings. The van der Waals surface area contributed by atoms with Crippen LogP contribution in [0, 0.1) is 0 Å². The summed E-state index contributed by atoms with van der Waals surface area (Å²) in [6.07, 6.45) is 2.52. The van der Waals surface area contributed by atoms with Crippen molar-refractivity contribution in [2.75, 3.05) is 23.3 Å². The Morgan fingerprint density at radius 2 is 1.76 bits per heavy atom. The number of carbonyl (C=O) groups excluding carboxylic acids is 1. The van der Waals surface area contributed by atoms with E-state index in [-0.39, 0.29) is 11.5 Å². The summed E-state index contributed by atoms with van der Waals surface area (Å²) in [5.41, 5.74) is 2.60. The van der Waals surface area contributed by atoms with Crippen molar-refractivity contribution in [1.82, 2.24) is 0 Å². The lowest BCUT2D eigenvalue weighted by Gasteiger charge is -2.24. The maximum Gasteiger partial charge on any atom is 0.337 e. The lowest BCUT2D eigenvalue weighted by atomic mass is 10.1. The molecule has 0 aliphatic heterocycles. The highest BCUT2D eigenvalue weighted by molar-refractivity contribution is 7.98. The summed E-state index contributed by atoms with van der Waals surface area (Å²) in [6, 6.07) is 13.7. The zero-order valence-corrected chi connectivity index (χ0v) is 18.2. The number of carbonyl (C=O) groups is 2. The molecule has 6 heteroatoms. The van der Waals surface area contributed by atoms with Gasteiger partial charge in [0.15, 0.2) is 0 Å². The second-order valence-electron chi connectivity index (χ2n) is 6.86. The number of hydrogen-bond acceptors (Lipinski definition) is 4. The van der Waals surface area contributed by atoms with E-state index in [4.69, 9.17) is 0 Å². The van der Waals surface area contributed by atoms with Crippen LogP contribution in [0.4, 0.5) is 11.4 Å². The van der Waals surface area contributed by atoms with Gasteiger partial charge in [0.25, 0.3) is 0 Å². The van der Waals surface area contributed by atoms with Gasteiger partial charge in [0.2, 0.25) is 5.91 Å². The van der Waals surface area contributed by atoms with Gasteiger partial charge in [-0.25, -0.2) is 4.79 Å². The van der Waals surface area contributed by atoms with Gasteiger partial charge in [0, 0.05) is 35.8 Å². The monoisotopic (exact) mass is 414 g/mol. The van der Waals surface area contributed by atoms with Crippen LogP contribution in [0.3, 0.4) is 0 Å². The van der Waals surface area contributed by atoms with Gasteiger partial charge < -0.3 is 15.3 Å². The molecule has 2 N–H and O–H groups in total. The summed E-state index contributed by atoms with van der Waals surface area (Å²) >= 11 is 1.68. The topological polar surface area (TPSA) is 69.6 Å². The van der Waals surface area contributed by atoms with Gasteiger partial charge in [-0.1, -0.05) is 32.9 Å². The minimum Gasteiger partial charge on any atom is -0.478 e. The molecule has 0 heterocycles. The van der Waals surface area contributed by atoms with Crippen LogP contribution in [-0.2, 0) is 10.5 Å². The third kappa shape index (κ3) is 6.82. The number of benzene rings is 2. The Bertz CT molecular complexity index is 833. The van der Waals surface area contributed by atoms with Crippen molar-refractivity contribution in [3.8, 4) is 0 Å². The lowest BCUT2D eigenvalue weighted by molar-refractivity contribution is -0.115. The van der Waals surface area contributed by atoms with E-state index in [1.165, 1.54) is 5.69 Å². The summed E-state index contributed by atoms with van der Waals surface area (Å²) in [5.74, 6) is -0.581. The average molecular weight is 415 g/mol. The number of aromatic carboxylic acids is 1. The standard InChI is InChI=1S/C23H30N2O3S/c1-4-12-25(13-5-2)18-8-7-9-19(15-18)29-16-17-10-11-21(24-22(26)6-3)20(14-17)23(27)28/h7-11,14-15H,4-6,12-13,16H2,1-3H3,(H,24,26)(H,27,28). The highest BCUT2D eigenvalue weighted by atomic mass is 32.2. The second kappa shape index (κ2) is 11.5. The van der Waals surface area contributed by atoms with Crippen LogP contribution in [0.25, 0.3) is 0 Å². The van der Waals surface area contributed by atoms with Crippen LogP contribution in [0.5, 0.6) is 0 Å². The minimum absolute atomic E-state index is 0.121. The molecule has 2 aromatic rings. The van der Waals surface area contributed by atoms with Gasteiger partial charge in [0.1, 0.15) is 0 Å². The SMILES string of the molecule is CCCN(CCC)c1cccc(SCc2ccc(NC(=O)CC)c(C(=O)O)c2)c1. The molecule has 0 radical (unpaired) electrons. The summed E-state index contributed by atoms with van der Waals surface area (Å²) in [6.45, 7) is 8.18. The minimum atomic E-state index is -1.04. The maximum atomic E-state index is 11.6. The second-order valence-corrected chi connectivity index (χ2v) is 7.91. The molecule has 156 valence electrons. The molecule has 0 aliphatic carbocycles. The van der Waals surface area contributed by atoms with Crippen LogP contribution in [0.2, 0.25) is 0 Å². The molecule has 2 aromatic carbocycles. The molecule has 29 heavy (non-hydrogen) atoms. The Kier molecular flexibility index (Phi) is 9.06. The molecule has 0 aromatic heterocycles. The van der Waals surface area contributed by atoms with E-state index in [1.807, 2.05) is 6.07 Å². The lowest BCUT2D eigenvalue weighted by Crippen LogP contribution is -2.24. The number of rotatable bonds is 11. The van der Waals surface area contributed by atoms with E-state index in [0.717, 1.165) is 36.4 Å². The Morgan fingerprint density at radius 3 is 2.38 bits per heavy atom. The van der Waals surface area contributed by atoms with Crippen molar-refractivity contribution < 1.29 is 14.7 Å². The first-order valence-corrected chi connectivity index (χ1v) is 11.1. The molecule has 2 rings (SSSR count). The zero-order valence-electron chi connectivity index (χ0n) is 17.4. The summed E-state index contributed by atoms with van der Waals surface area (Å²) < 4.78 is 0. The van der Waals surface area contributed by atoms with Gasteiger partial charge in [0.05, 0.1) is 11.3 Å². The molecule has 0 spiro atoms. The maximum absolute atomic E-state index is 11.6.